The Morgan fingerprint density at radius 1 is 0.929 bits per heavy atom. The number of carbonyl (C=O) groups excluding carboxylic acids is 2. The zero-order valence-electron chi connectivity index (χ0n) is 7.73. The van der Waals surface area contributed by atoms with Crippen LogP contribution in [-0.4, -0.2) is 10.5 Å². The summed E-state index contributed by atoms with van der Waals surface area (Å²) in [4.78, 5) is 21.9. The van der Waals surface area contributed by atoms with Crippen LogP contribution in [0.5, 0.6) is 0 Å². The van der Waals surface area contributed by atoms with Crippen LogP contribution in [0.3, 0.4) is 0 Å². The number of aryl methyl sites for hydroxylation is 2. The van der Waals surface area contributed by atoms with Crippen LogP contribution >= 0.6 is 23.2 Å². The van der Waals surface area contributed by atoms with Crippen LogP contribution < -0.4 is 0 Å². The number of carbonyl (C=O) groups is 2. The van der Waals surface area contributed by atoms with Crippen molar-refractivity contribution >= 4 is 33.7 Å². The summed E-state index contributed by atoms with van der Waals surface area (Å²) in [5, 5.41) is -1.06. The summed E-state index contributed by atoms with van der Waals surface area (Å²) >= 11 is 10.7. The first-order valence-corrected chi connectivity index (χ1v) is 4.70. The second-order valence-electron chi connectivity index (χ2n) is 3.03. The number of rotatable bonds is 2. The average Bonchev–Trinajstić information content (AvgIpc) is 2.07. The van der Waals surface area contributed by atoms with Gasteiger partial charge in [-0.25, -0.2) is 0 Å². The molecule has 0 radical (unpaired) electrons. The van der Waals surface area contributed by atoms with Gasteiger partial charge in [0.1, 0.15) is 0 Å². The first-order valence-electron chi connectivity index (χ1n) is 3.94. The minimum atomic E-state index is -0.529. The zero-order valence-corrected chi connectivity index (χ0v) is 9.24. The summed E-state index contributed by atoms with van der Waals surface area (Å²) in [7, 11) is 0. The summed E-state index contributed by atoms with van der Waals surface area (Å²) < 4.78 is 0. The summed E-state index contributed by atoms with van der Waals surface area (Å²) in [5.74, 6) is 0. The lowest BCUT2D eigenvalue weighted by Gasteiger charge is -2.05. The molecule has 0 unspecified atom stereocenters. The fourth-order valence-electron chi connectivity index (χ4n) is 1.24. The van der Waals surface area contributed by atoms with E-state index in [1.807, 2.05) is 0 Å². The highest BCUT2D eigenvalue weighted by molar-refractivity contribution is 6.68. The van der Waals surface area contributed by atoms with Crippen molar-refractivity contribution in [3.8, 4) is 0 Å². The Kier molecular flexibility index (Phi) is 3.29. The molecule has 74 valence electrons. The maximum Gasteiger partial charge on any atom is 0.252 e. The molecule has 0 aliphatic rings. The van der Waals surface area contributed by atoms with Gasteiger partial charge in [0.15, 0.2) is 0 Å². The van der Waals surface area contributed by atoms with Gasteiger partial charge in [0.05, 0.1) is 0 Å². The largest absolute Gasteiger partial charge is 0.276 e. The predicted molar refractivity (Wildman–Crippen MR) is 56.3 cm³/mol. The molecule has 0 saturated heterocycles. The normalized spacial score (nSPS) is 10.0. The lowest BCUT2D eigenvalue weighted by Crippen LogP contribution is -2.00. The van der Waals surface area contributed by atoms with E-state index in [2.05, 4.69) is 0 Å². The maximum absolute atomic E-state index is 10.9. The van der Waals surface area contributed by atoms with Gasteiger partial charge in [0.25, 0.3) is 10.5 Å². The van der Waals surface area contributed by atoms with Crippen molar-refractivity contribution < 1.29 is 9.59 Å². The predicted octanol–water partition coefficient (Wildman–Crippen LogP) is 3.06. The van der Waals surface area contributed by atoms with Crippen molar-refractivity contribution in [3.05, 3.63) is 34.4 Å². The molecule has 0 aromatic heterocycles. The van der Waals surface area contributed by atoms with Crippen LogP contribution in [-0.2, 0) is 0 Å². The van der Waals surface area contributed by atoms with Gasteiger partial charge in [-0.15, -0.1) is 0 Å². The van der Waals surface area contributed by atoms with E-state index in [4.69, 9.17) is 23.2 Å². The standard InChI is InChI=1S/C10H8Cl2O2/c1-5-3-8(10(12)14)6(2)4-7(5)9(11)13/h3-4H,1-2H3. The van der Waals surface area contributed by atoms with Crippen molar-refractivity contribution in [1.82, 2.24) is 0 Å². The van der Waals surface area contributed by atoms with Crippen LogP contribution in [0.25, 0.3) is 0 Å². The van der Waals surface area contributed by atoms with Gasteiger partial charge in [-0.05, 0) is 60.3 Å². The van der Waals surface area contributed by atoms with Gasteiger partial charge in [0.2, 0.25) is 0 Å². The van der Waals surface area contributed by atoms with Gasteiger partial charge < -0.3 is 0 Å². The fraction of sp³-hybridized carbons (Fsp3) is 0.200. The molecule has 0 fully saturated rings. The molecule has 1 aromatic carbocycles. The molecular formula is C10H8Cl2O2. The van der Waals surface area contributed by atoms with Crippen LogP contribution in [0.4, 0.5) is 0 Å². The van der Waals surface area contributed by atoms with Gasteiger partial charge in [-0.1, -0.05) is 0 Å². The molecule has 0 aliphatic heterocycles. The van der Waals surface area contributed by atoms with Crippen molar-refractivity contribution in [1.29, 1.82) is 0 Å². The van der Waals surface area contributed by atoms with Crippen LogP contribution in [0, 0.1) is 13.8 Å². The van der Waals surface area contributed by atoms with E-state index >= 15 is 0 Å². The maximum atomic E-state index is 10.9. The van der Waals surface area contributed by atoms with Gasteiger partial charge in [-0.3, -0.25) is 9.59 Å². The quantitative estimate of drug-likeness (QED) is 0.733. The van der Waals surface area contributed by atoms with E-state index in [0.29, 0.717) is 22.3 Å². The molecule has 1 aromatic rings. The topological polar surface area (TPSA) is 34.1 Å². The molecule has 0 heterocycles. The Bertz CT molecular complexity index is 371. The Hall–Kier alpha value is -0.860. The molecule has 0 spiro atoms. The second kappa shape index (κ2) is 4.11. The summed E-state index contributed by atoms with van der Waals surface area (Å²) in [6, 6.07) is 3.14. The molecule has 0 saturated carbocycles. The molecule has 0 N–H and O–H groups in total. The molecule has 0 amide bonds. The van der Waals surface area contributed by atoms with Crippen molar-refractivity contribution in [2.45, 2.75) is 13.8 Å². The third-order valence-electron chi connectivity index (χ3n) is 1.99. The molecule has 0 atom stereocenters. The highest BCUT2D eigenvalue weighted by atomic mass is 35.5. The monoisotopic (exact) mass is 230 g/mol. The first-order chi connectivity index (χ1) is 6.43. The van der Waals surface area contributed by atoms with Gasteiger partial charge in [-0.2, -0.15) is 0 Å². The fourth-order valence-corrected chi connectivity index (χ4v) is 1.65. The number of hydrogen-bond donors (Lipinski definition) is 0. The SMILES string of the molecule is Cc1cc(C(=O)Cl)c(C)cc1C(=O)Cl. The Morgan fingerprint density at radius 2 is 1.21 bits per heavy atom. The minimum Gasteiger partial charge on any atom is -0.276 e. The summed E-state index contributed by atoms with van der Waals surface area (Å²) in [6.45, 7) is 3.41. The van der Waals surface area contributed by atoms with E-state index < -0.39 is 10.5 Å². The molecule has 2 nitrogen and oxygen atoms in total. The zero-order chi connectivity index (χ0) is 10.9. The van der Waals surface area contributed by atoms with E-state index in [-0.39, 0.29) is 0 Å². The molecule has 14 heavy (non-hydrogen) atoms. The summed E-state index contributed by atoms with van der Waals surface area (Å²) in [6.07, 6.45) is 0. The highest BCUT2D eigenvalue weighted by Gasteiger charge is 2.12. The molecule has 4 heteroatoms. The van der Waals surface area contributed by atoms with E-state index in [1.54, 1.807) is 26.0 Å². The molecular weight excluding hydrogens is 223 g/mol. The Morgan fingerprint density at radius 3 is 1.43 bits per heavy atom. The van der Waals surface area contributed by atoms with Crippen molar-refractivity contribution in [3.63, 3.8) is 0 Å². The molecule has 0 aliphatic carbocycles. The molecule has 1 rings (SSSR count). The van der Waals surface area contributed by atoms with Crippen molar-refractivity contribution in [2.75, 3.05) is 0 Å². The van der Waals surface area contributed by atoms with E-state index in [0.717, 1.165) is 0 Å². The third kappa shape index (κ3) is 2.14. The minimum absolute atomic E-state index is 0.408. The van der Waals surface area contributed by atoms with E-state index in [1.165, 1.54) is 0 Å². The van der Waals surface area contributed by atoms with Crippen LogP contribution in [0.2, 0.25) is 0 Å². The third-order valence-corrected chi connectivity index (χ3v) is 2.40. The second-order valence-corrected chi connectivity index (χ2v) is 3.72. The number of halogens is 2. The Labute approximate surface area is 91.8 Å². The van der Waals surface area contributed by atoms with Gasteiger partial charge in [0, 0.05) is 11.1 Å². The van der Waals surface area contributed by atoms with Crippen molar-refractivity contribution in [2.24, 2.45) is 0 Å². The van der Waals surface area contributed by atoms with Crippen LogP contribution in [0.15, 0.2) is 12.1 Å². The van der Waals surface area contributed by atoms with Gasteiger partial charge >= 0.3 is 0 Å². The number of benzene rings is 1. The lowest BCUT2D eigenvalue weighted by molar-refractivity contribution is 0.106. The number of hydrogen-bond acceptors (Lipinski definition) is 2. The van der Waals surface area contributed by atoms with E-state index in [9.17, 15) is 9.59 Å². The average molecular weight is 231 g/mol. The van der Waals surface area contributed by atoms with Crippen LogP contribution in [0.1, 0.15) is 31.8 Å². The smallest absolute Gasteiger partial charge is 0.252 e. The lowest BCUT2D eigenvalue weighted by atomic mass is 10.0. The molecule has 0 bridgehead atoms. The summed E-state index contributed by atoms with van der Waals surface area (Å²) in [5.41, 5.74) is 2.12. The highest BCUT2D eigenvalue weighted by Crippen LogP contribution is 2.19. The Balaban J connectivity index is 3.38. The first kappa shape index (κ1) is 11.2.